The van der Waals surface area contributed by atoms with E-state index in [0.29, 0.717) is 6.04 Å². The fraction of sp³-hybridized carbons (Fsp3) is 1.00. The SMILES string of the molecule is CCCNC(C(C)(C)C)C1(OCC)CCCC(C)C1. The van der Waals surface area contributed by atoms with Gasteiger partial charge in [0.25, 0.3) is 0 Å². The van der Waals surface area contributed by atoms with Crippen molar-refractivity contribution < 1.29 is 4.74 Å². The molecule has 0 amide bonds. The van der Waals surface area contributed by atoms with Gasteiger partial charge in [0, 0.05) is 12.6 Å². The summed E-state index contributed by atoms with van der Waals surface area (Å²) in [7, 11) is 0. The van der Waals surface area contributed by atoms with Crippen LogP contribution in [-0.4, -0.2) is 24.8 Å². The van der Waals surface area contributed by atoms with Gasteiger partial charge in [0.05, 0.1) is 5.60 Å². The van der Waals surface area contributed by atoms with E-state index in [1.54, 1.807) is 0 Å². The molecule has 114 valence electrons. The van der Waals surface area contributed by atoms with Crippen molar-refractivity contribution in [3.8, 4) is 0 Å². The monoisotopic (exact) mass is 269 g/mol. The molecule has 0 aromatic carbocycles. The number of rotatable bonds is 6. The van der Waals surface area contributed by atoms with E-state index in [-0.39, 0.29) is 11.0 Å². The summed E-state index contributed by atoms with van der Waals surface area (Å²) in [5.74, 6) is 0.786. The van der Waals surface area contributed by atoms with Crippen molar-refractivity contribution >= 4 is 0 Å². The van der Waals surface area contributed by atoms with Crippen molar-refractivity contribution in [3.05, 3.63) is 0 Å². The standard InChI is InChI=1S/C17H35NO/c1-7-12-18-15(16(4,5)6)17(19-8-2)11-9-10-14(3)13-17/h14-15,18H,7-13H2,1-6H3. The van der Waals surface area contributed by atoms with Crippen LogP contribution in [0.5, 0.6) is 0 Å². The first-order valence-electron chi connectivity index (χ1n) is 8.23. The summed E-state index contributed by atoms with van der Waals surface area (Å²) in [5.41, 5.74) is 0.279. The van der Waals surface area contributed by atoms with Gasteiger partial charge >= 0.3 is 0 Å². The predicted octanol–water partition coefficient (Wildman–Crippen LogP) is 4.39. The smallest absolute Gasteiger partial charge is 0.0842 e. The molecule has 0 spiro atoms. The summed E-state index contributed by atoms with van der Waals surface area (Å²) in [5, 5.41) is 3.80. The van der Waals surface area contributed by atoms with Gasteiger partial charge in [-0.1, -0.05) is 47.5 Å². The van der Waals surface area contributed by atoms with Crippen molar-refractivity contribution in [1.29, 1.82) is 0 Å². The van der Waals surface area contributed by atoms with Crippen molar-refractivity contribution in [3.63, 3.8) is 0 Å². The van der Waals surface area contributed by atoms with Gasteiger partial charge in [-0.2, -0.15) is 0 Å². The molecule has 3 atom stereocenters. The molecule has 0 aromatic heterocycles. The summed E-state index contributed by atoms with van der Waals surface area (Å²) in [6, 6.07) is 0.447. The first kappa shape index (κ1) is 17.0. The Morgan fingerprint density at radius 2 is 2.00 bits per heavy atom. The normalized spacial score (nSPS) is 30.3. The second kappa shape index (κ2) is 7.08. The summed E-state index contributed by atoms with van der Waals surface area (Å²) < 4.78 is 6.36. The molecule has 1 aliphatic carbocycles. The van der Waals surface area contributed by atoms with E-state index < -0.39 is 0 Å². The highest BCUT2D eigenvalue weighted by Crippen LogP contribution is 2.43. The van der Waals surface area contributed by atoms with Gasteiger partial charge in [0.2, 0.25) is 0 Å². The van der Waals surface area contributed by atoms with E-state index in [1.807, 2.05) is 0 Å². The lowest BCUT2D eigenvalue weighted by Gasteiger charge is -2.50. The molecule has 1 rings (SSSR count). The molecule has 0 aromatic rings. The van der Waals surface area contributed by atoms with Crippen LogP contribution in [0.1, 0.15) is 73.6 Å². The van der Waals surface area contributed by atoms with E-state index in [1.165, 1.54) is 32.1 Å². The third-order valence-electron chi connectivity index (χ3n) is 4.41. The van der Waals surface area contributed by atoms with E-state index in [4.69, 9.17) is 4.74 Å². The lowest BCUT2D eigenvalue weighted by molar-refractivity contribution is -0.122. The Morgan fingerprint density at radius 1 is 1.32 bits per heavy atom. The van der Waals surface area contributed by atoms with Crippen LogP contribution in [0.25, 0.3) is 0 Å². The second-order valence-corrected chi connectivity index (χ2v) is 7.45. The molecule has 19 heavy (non-hydrogen) atoms. The number of hydrogen-bond donors (Lipinski definition) is 1. The lowest BCUT2D eigenvalue weighted by Crippen LogP contribution is -2.60. The zero-order valence-electron chi connectivity index (χ0n) is 14.0. The highest BCUT2D eigenvalue weighted by Gasteiger charge is 2.47. The van der Waals surface area contributed by atoms with Crippen LogP contribution in [-0.2, 0) is 4.74 Å². The Kier molecular flexibility index (Phi) is 6.32. The molecule has 3 unspecified atom stereocenters. The Morgan fingerprint density at radius 3 is 2.47 bits per heavy atom. The largest absolute Gasteiger partial charge is 0.374 e. The van der Waals surface area contributed by atoms with E-state index in [2.05, 4.69) is 46.9 Å². The summed E-state index contributed by atoms with van der Waals surface area (Å²) in [4.78, 5) is 0. The number of nitrogens with one attached hydrogen (secondary N) is 1. The van der Waals surface area contributed by atoms with Crippen molar-refractivity contribution in [2.45, 2.75) is 85.3 Å². The van der Waals surface area contributed by atoms with E-state index in [0.717, 1.165) is 19.1 Å². The summed E-state index contributed by atoms with van der Waals surface area (Å²) in [6.45, 7) is 15.7. The average molecular weight is 269 g/mol. The van der Waals surface area contributed by atoms with Gasteiger partial charge < -0.3 is 10.1 Å². The molecule has 0 aliphatic heterocycles. The minimum Gasteiger partial charge on any atom is -0.374 e. The fourth-order valence-corrected chi connectivity index (χ4v) is 3.88. The first-order chi connectivity index (χ1) is 8.85. The molecular weight excluding hydrogens is 234 g/mol. The van der Waals surface area contributed by atoms with Crippen LogP contribution in [0.2, 0.25) is 0 Å². The maximum Gasteiger partial charge on any atom is 0.0842 e. The Balaban J connectivity index is 2.96. The third kappa shape index (κ3) is 4.46. The highest BCUT2D eigenvalue weighted by molar-refractivity contribution is 5.02. The van der Waals surface area contributed by atoms with Gasteiger partial charge in [0.1, 0.15) is 0 Å². The average Bonchev–Trinajstić information content (AvgIpc) is 2.28. The maximum absolute atomic E-state index is 6.36. The highest BCUT2D eigenvalue weighted by atomic mass is 16.5. The van der Waals surface area contributed by atoms with Crippen LogP contribution in [0.15, 0.2) is 0 Å². The Labute approximate surface area is 120 Å². The summed E-state index contributed by atoms with van der Waals surface area (Å²) in [6.07, 6.45) is 6.27. The summed E-state index contributed by atoms with van der Waals surface area (Å²) >= 11 is 0. The van der Waals surface area contributed by atoms with Crippen LogP contribution in [0, 0.1) is 11.3 Å². The van der Waals surface area contributed by atoms with Crippen molar-refractivity contribution in [1.82, 2.24) is 5.32 Å². The second-order valence-electron chi connectivity index (χ2n) is 7.45. The molecular formula is C17H35NO. The lowest BCUT2D eigenvalue weighted by atomic mass is 9.67. The first-order valence-corrected chi connectivity index (χ1v) is 8.23. The molecule has 0 heterocycles. The minimum absolute atomic E-state index is 0.0415. The molecule has 1 fully saturated rings. The van der Waals surface area contributed by atoms with Crippen LogP contribution < -0.4 is 5.32 Å². The number of hydrogen-bond acceptors (Lipinski definition) is 2. The van der Waals surface area contributed by atoms with Crippen LogP contribution in [0.4, 0.5) is 0 Å². The van der Waals surface area contributed by atoms with Crippen molar-refractivity contribution in [2.24, 2.45) is 11.3 Å². The Bertz CT molecular complexity index is 254. The van der Waals surface area contributed by atoms with Gasteiger partial charge in [0.15, 0.2) is 0 Å². The quantitative estimate of drug-likeness (QED) is 0.772. The number of ether oxygens (including phenoxy) is 1. The van der Waals surface area contributed by atoms with Gasteiger partial charge in [-0.3, -0.25) is 0 Å². The minimum atomic E-state index is 0.0415. The Hall–Kier alpha value is -0.0800. The van der Waals surface area contributed by atoms with E-state index in [9.17, 15) is 0 Å². The molecule has 1 N–H and O–H groups in total. The molecule has 0 saturated heterocycles. The zero-order valence-corrected chi connectivity index (χ0v) is 14.0. The predicted molar refractivity (Wildman–Crippen MR) is 83.5 cm³/mol. The topological polar surface area (TPSA) is 21.3 Å². The van der Waals surface area contributed by atoms with Gasteiger partial charge in [-0.15, -0.1) is 0 Å². The van der Waals surface area contributed by atoms with Gasteiger partial charge in [-0.05, 0) is 44.1 Å². The van der Waals surface area contributed by atoms with E-state index >= 15 is 0 Å². The molecule has 1 aliphatic rings. The van der Waals surface area contributed by atoms with Gasteiger partial charge in [-0.25, -0.2) is 0 Å². The third-order valence-corrected chi connectivity index (χ3v) is 4.41. The fourth-order valence-electron chi connectivity index (χ4n) is 3.88. The molecule has 1 saturated carbocycles. The molecule has 2 nitrogen and oxygen atoms in total. The molecule has 2 heteroatoms. The molecule has 0 bridgehead atoms. The van der Waals surface area contributed by atoms with Crippen LogP contribution >= 0.6 is 0 Å². The molecule has 0 radical (unpaired) electrons. The van der Waals surface area contributed by atoms with Crippen molar-refractivity contribution in [2.75, 3.05) is 13.2 Å². The van der Waals surface area contributed by atoms with Crippen LogP contribution in [0.3, 0.4) is 0 Å². The zero-order chi connectivity index (χ0) is 14.5. The maximum atomic E-state index is 6.36.